The molecule has 0 aliphatic carbocycles. The molecule has 2 amide bonds. The van der Waals surface area contributed by atoms with E-state index < -0.39 is 11.7 Å². The predicted molar refractivity (Wildman–Crippen MR) is 98.6 cm³/mol. The van der Waals surface area contributed by atoms with E-state index in [-0.39, 0.29) is 24.0 Å². The van der Waals surface area contributed by atoms with Crippen LogP contribution in [0.25, 0.3) is 0 Å². The van der Waals surface area contributed by atoms with Crippen molar-refractivity contribution in [1.82, 2.24) is 20.9 Å². The Bertz CT molecular complexity index is 505. The molecule has 8 nitrogen and oxygen atoms in total. The highest BCUT2D eigenvalue weighted by molar-refractivity contribution is 5.87. The zero-order chi connectivity index (χ0) is 19.3. The van der Waals surface area contributed by atoms with Crippen molar-refractivity contribution in [1.29, 1.82) is 0 Å². The van der Waals surface area contributed by atoms with Gasteiger partial charge in [0.25, 0.3) is 0 Å². The lowest BCUT2D eigenvalue weighted by Gasteiger charge is -2.24. The number of likely N-dealkylation sites (tertiary alicyclic amines) is 1. The van der Waals surface area contributed by atoms with E-state index in [1.165, 1.54) is 0 Å². The highest BCUT2D eigenvalue weighted by atomic mass is 16.6. The molecular formula is C17H33N5O3. The fourth-order valence-electron chi connectivity index (χ4n) is 2.50. The third kappa shape index (κ3) is 8.60. The van der Waals surface area contributed by atoms with Gasteiger partial charge in [-0.2, -0.15) is 0 Å². The van der Waals surface area contributed by atoms with Crippen molar-refractivity contribution in [3.8, 4) is 0 Å². The number of carbonyl (C=O) groups is 2. The quantitative estimate of drug-likeness (QED) is 0.520. The van der Waals surface area contributed by atoms with Crippen molar-refractivity contribution < 1.29 is 14.3 Å². The first-order chi connectivity index (χ1) is 11.4. The molecule has 1 aliphatic rings. The number of hydrogen-bond acceptors (Lipinski definition) is 4. The molecule has 3 N–H and O–H groups in total. The SMILES string of the molecule is CN=C(NCC(=O)NC(C)(C)C)N1CCC(NC(=O)OC(C)(C)C)C1. The third-order valence-electron chi connectivity index (χ3n) is 3.34. The van der Waals surface area contributed by atoms with E-state index in [1.807, 2.05) is 46.4 Å². The van der Waals surface area contributed by atoms with E-state index in [0.717, 1.165) is 13.0 Å². The molecule has 1 aliphatic heterocycles. The first-order valence-electron chi connectivity index (χ1n) is 8.66. The molecule has 1 rings (SSSR count). The van der Waals surface area contributed by atoms with Gasteiger partial charge in [0.05, 0.1) is 12.6 Å². The lowest BCUT2D eigenvalue weighted by Crippen LogP contribution is -2.49. The van der Waals surface area contributed by atoms with Gasteiger partial charge in [-0.15, -0.1) is 0 Å². The van der Waals surface area contributed by atoms with E-state index in [1.54, 1.807) is 7.05 Å². The largest absolute Gasteiger partial charge is 0.444 e. The summed E-state index contributed by atoms with van der Waals surface area (Å²) in [7, 11) is 1.68. The summed E-state index contributed by atoms with van der Waals surface area (Å²) in [5.41, 5.74) is -0.779. The summed E-state index contributed by atoms with van der Waals surface area (Å²) in [6, 6.07) is -0.00296. The third-order valence-corrected chi connectivity index (χ3v) is 3.34. The molecule has 0 radical (unpaired) electrons. The first-order valence-corrected chi connectivity index (χ1v) is 8.66. The normalized spacial score (nSPS) is 18.8. The van der Waals surface area contributed by atoms with Gasteiger partial charge in [0, 0.05) is 25.7 Å². The van der Waals surface area contributed by atoms with Gasteiger partial charge in [-0.1, -0.05) is 0 Å². The van der Waals surface area contributed by atoms with Crippen molar-refractivity contribution >= 4 is 18.0 Å². The standard InChI is InChI=1S/C17H33N5O3/c1-16(2,3)21-13(23)10-19-14(18-7)22-9-8-12(11-22)20-15(24)25-17(4,5)6/h12H,8-11H2,1-7H3,(H,18,19)(H,20,24)(H,21,23). The molecule has 1 atom stereocenters. The minimum Gasteiger partial charge on any atom is -0.444 e. The number of hydrogen-bond donors (Lipinski definition) is 3. The molecule has 1 heterocycles. The lowest BCUT2D eigenvalue weighted by atomic mass is 10.1. The number of aliphatic imine (C=N–C) groups is 1. The number of nitrogens with one attached hydrogen (secondary N) is 3. The first kappa shape index (κ1) is 21.1. The summed E-state index contributed by atoms with van der Waals surface area (Å²) < 4.78 is 5.28. The van der Waals surface area contributed by atoms with Crippen LogP contribution in [0.2, 0.25) is 0 Å². The summed E-state index contributed by atoms with van der Waals surface area (Å²) in [6.07, 6.45) is 0.389. The maximum absolute atomic E-state index is 11.9. The van der Waals surface area contributed by atoms with Crippen LogP contribution in [-0.4, -0.2) is 66.7 Å². The second-order valence-corrected chi connectivity index (χ2v) is 8.28. The molecular weight excluding hydrogens is 322 g/mol. The molecule has 1 unspecified atom stereocenters. The molecule has 25 heavy (non-hydrogen) atoms. The van der Waals surface area contributed by atoms with Crippen LogP contribution in [0.3, 0.4) is 0 Å². The Labute approximate surface area is 150 Å². The van der Waals surface area contributed by atoms with Gasteiger partial charge in [0.15, 0.2) is 5.96 Å². The molecule has 144 valence electrons. The lowest BCUT2D eigenvalue weighted by molar-refractivity contribution is -0.121. The van der Waals surface area contributed by atoms with Gasteiger partial charge in [-0.05, 0) is 48.0 Å². The topological polar surface area (TPSA) is 95.1 Å². The minimum atomic E-state index is -0.514. The van der Waals surface area contributed by atoms with Crippen LogP contribution in [0.1, 0.15) is 48.0 Å². The van der Waals surface area contributed by atoms with Crippen LogP contribution in [0.5, 0.6) is 0 Å². The monoisotopic (exact) mass is 355 g/mol. The Morgan fingerprint density at radius 1 is 1.20 bits per heavy atom. The molecule has 1 fully saturated rings. The molecule has 0 aromatic carbocycles. The number of carbonyl (C=O) groups excluding carboxylic acids is 2. The van der Waals surface area contributed by atoms with E-state index in [0.29, 0.717) is 12.5 Å². The van der Waals surface area contributed by atoms with Crippen LogP contribution in [0.4, 0.5) is 4.79 Å². The maximum atomic E-state index is 11.9. The molecule has 0 aromatic heterocycles. The van der Waals surface area contributed by atoms with Crippen LogP contribution in [0.15, 0.2) is 4.99 Å². The summed E-state index contributed by atoms with van der Waals surface area (Å²) >= 11 is 0. The summed E-state index contributed by atoms with van der Waals surface area (Å²) in [5, 5.41) is 8.84. The van der Waals surface area contributed by atoms with Crippen LogP contribution < -0.4 is 16.0 Å². The number of amides is 2. The van der Waals surface area contributed by atoms with Crippen LogP contribution in [0, 0.1) is 0 Å². The maximum Gasteiger partial charge on any atom is 0.407 e. The summed E-state index contributed by atoms with van der Waals surface area (Å²) in [4.78, 5) is 30.0. The molecule has 0 bridgehead atoms. The second kappa shape index (κ2) is 8.40. The number of rotatable bonds is 3. The molecule has 0 aromatic rings. The summed E-state index contributed by atoms with van der Waals surface area (Å²) in [5.74, 6) is 0.564. The highest BCUT2D eigenvalue weighted by Gasteiger charge is 2.28. The predicted octanol–water partition coefficient (Wildman–Crippen LogP) is 1.08. The Kier molecular flexibility index (Phi) is 7.07. The van der Waals surface area contributed by atoms with Crippen molar-refractivity contribution in [3.63, 3.8) is 0 Å². The summed E-state index contributed by atoms with van der Waals surface area (Å²) in [6.45, 7) is 12.9. The number of guanidine groups is 1. The average Bonchev–Trinajstić information content (AvgIpc) is 2.83. The van der Waals surface area contributed by atoms with Crippen molar-refractivity contribution in [2.24, 2.45) is 4.99 Å². The van der Waals surface area contributed by atoms with Gasteiger partial charge >= 0.3 is 6.09 Å². The fourth-order valence-corrected chi connectivity index (χ4v) is 2.50. The van der Waals surface area contributed by atoms with E-state index in [4.69, 9.17) is 4.74 Å². The highest BCUT2D eigenvalue weighted by Crippen LogP contribution is 2.12. The van der Waals surface area contributed by atoms with Gasteiger partial charge in [-0.3, -0.25) is 9.79 Å². The van der Waals surface area contributed by atoms with E-state index in [2.05, 4.69) is 20.9 Å². The Balaban J connectivity index is 2.45. The van der Waals surface area contributed by atoms with E-state index >= 15 is 0 Å². The number of nitrogens with zero attached hydrogens (tertiary/aromatic N) is 2. The fraction of sp³-hybridized carbons (Fsp3) is 0.824. The smallest absolute Gasteiger partial charge is 0.407 e. The zero-order valence-electron chi connectivity index (χ0n) is 16.5. The van der Waals surface area contributed by atoms with Gasteiger partial charge < -0.3 is 25.6 Å². The van der Waals surface area contributed by atoms with Crippen molar-refractivity contribution in [3.05, 3.63) is 0 Å². The Morgan fingerprint density at radius 2 is 1.84 bits per heavy atom. The molecule has 8 heteroatoms. The van der Waals surface area contributed by atoms with Crippen molar-refractivity contribution in [2.75, 3.05) is 26.7 Å². The van der Waals surface area contributed by atoms with Crippen molar-refractivity contribution in [2.45, 2.75) is 65.1 Å². The number of alkyl carbamates (subject to hydrolysis) is 1. The molecule has 0 saturated carbocycles. The molecule has 1 saturated heterocycles. The number of ether oxygens (including phenoxy) is 1. The van der Waals surface area contributed by atoms with E-state index in [9.17, 15) is 9.59 Å². The van der Waals surface area contributed by atoms with Crippen LogP contribution in [-0.2, 0) is 9.53 Å². The van der Waals surface area contributed by atoms with Gasteiger partial charge in [-0.25, -0.2) is 4.79 Å². The molecule has 0 spiro atoms. The Hall–Kier alpha value is -1.99. The second-order valence-electron chi connectivity index (χ2n) is 8.28. The van der Waals surface area contributed by atoms with Gasteiger partial charge in [0.2, 0.25) is 5.91 Å². The van der Waals surface area contributed by atoms with Gasteiger partial charge in [0.1, 0.15) is 5.60 Å². The van der Waals surface area contributed by atoms with Crippen LogP contribution >= 0.6 is 0 Å². The minimum absolute atomic E-state index is 0.00296. The Morgan fingerprint density at radius 3 is 2.36 bits per heavy atom. The average molecular weight is 355 g/mol. The zero-order valence-corrected chi connectivity index (χ0v) is 16.5.